The molecule has 10 heteroatoms. The van der Waals surface area contributed by atoms with Crippen molar-refractivity contribution in [2.45, 2.75) is 30.8 Å². The van der Waals surface area contributed by atoms with E-state index >= 15 is 0 Å². The Bertz CT molecular complexity index is 727. The van der Waals surface area contributed by atoms with Crippen molar-refractivity contribution < 1.29 is 26.4 Å². The van der Waals surface area contributed by atoms with Crippen LogP contribution in [0.5, 0.6) is 0 Å². The molecule has 0 saturated carbocycles. The predicted molar refractivity (Wildman–Crippen MR) is 90.2 cm³/mol. The molecule has 0 aromatic heterocycles. The molecule has 0 unspecified atom stereocenters. The first-order valence-corrected chi connectivity index (χ1v) is 9.65. The highest BCUT2D eigenvalue weighted by Gasteiger charge is 2.29. The number of nitrogens with one attached hydrogen (secondary N) is 3. The fraction of sp³-hybridized carbons (Fsp3) is 0.562. The third-order valence-corrected chi connectivity index (χ3v) is 5.79. The highest BCUT2D eigenvalue weighted by molar-refractivity contribution is 7.89. The van der Waals surface area contributed by atoms with Gasteiger partial charge in [0.1, 0.15) is 6.54 Å². The van der Waals surface area contributed by atoms with Gasteiger partial charge < -0.3 is 10.6 Å². The minimum absolute atomic E-state index is 0.0394. The molecule has 1 aliphatic heterocycles. The monoisotopic (exact) mass is 393 g/mol. The van der Waals surface area contributed by atoms with Crippen molar-refractivity contribution in [2.24, 2.45) is 5.41 Å². The Morgan fingerprint density at radius 2 is 1.77 bits per heavy atom. The normalized spacial score (nSPS) is 17.7. The maximum atomic E-state index is 12.4. The quantitative estimate of drug-likeness (QED) is 0.686. The molecule has 3 N–H and O–H groups in total. The Morgan fingerprint density at radius 1 is 1.19 bits per heavy atom. The van der Waals surface area contributed by atoms with Gasteiger partial charge in [-0.1, -0.05) is 6.92 Å². The summed E-state index contributed by atoms with van der Waals surface area (Å²) in [6.07, 6.45) is -2.80. The number of carbonyl (C=O) groups excluding carboxylic acids is 1. The van der Waals surface area contributed by atoms with Gasteiger partial charge in [0.2, 0.25) is 10.0 Å². The second-order valence-electron chi connectivity index (χ2n) is 6.71. The zero-order valence-corrected chi connectivity index (χ0v) is 15.1. The van der Waals surface area contributed by atoms with E-state index in [9.17, 15) is 26.4 Å². The van der Waals surface area contributed by atoms with Crippen LogP contribution in [-0.4, -0.2) is 46.7 Å². The molecule has 6 nitrogen and oxygen atoms in total. The van der Waals surface area contributed by atoms with E-state index in [-0.39, 0.29) is 15.9 Å². The number of alkyl halides is 3. The molecule has 0 atom stereocenters. The average Bonchev–Trinajstić information content (AvgIpc) is 2.58. The maximum absolute atomic E-state index is 12.4. The van der Waals surface area contributed by atoms with Gasteiger partial charge >= 0.3 is 6.18 Å². The fourth-order valence-electron chi connectivity index (χ4n) is 2.63. The molecule has 1 saturated heterocycles. The van der Waals surface area contributed by atoms with E-state index in [1.807, 2.05) is 6.92 Å². The van der Waals surface area contributed by atoms with Crippen molar-refractivity contribution in [3.8, 4) is 0 Å². The molecule has 1 amide bonds. The van der Waals surface area contributed by atoms with E-state index in [0.717, 1.165) is 25.9 Å². The number of carbonyl (C=O) groups is 1. The number of hydrogen-bond donors (Lipinski definition) is 3. The summed E-state index contributed by atoms with van der Waals surface area (Å²) in [6.45, 7) is 2.54. The third-order valence-electron chi connectivity index (χ3n) is 4.38. The Morgan fingerprint density at radius 3 is 2.31 bits per heavy atom. The number of sulfonamides is 1. The molecule has 1 aliphatic rings. The molecular weight excluding hydrogens is 371 g/mol. The number of hydrogen-bond acceptors (Lipinski definition) is 4. The number of halogens is 3. The summed E-state index contributed by atoms with van der Waals surface area (Å²) in [6, 6.07) is 4.78. The molecule has 1 heterocycles. The van der Waals surface area contributed by atoms with Crippen LogP contribution in [0.3, 0.4) is 0 Å². The van der Waals surface area contributed by atoms with Crippen LogP contribution in [0.1, 0.15) is 30.1 Å². The van der Waals surface area contributed by atoms with E-state index in [4.69, 9.17) is 0 Å². The van der Waals surface area contributed by atoms with Gasteiger partial charge in [-0.15, -0.1) is 0 Å². The lowest BCUT2D eigenvalue weighted by molar-refractivity contribution is -0.123. The number of benzene rings is 1. The fourth-order valence-corrected chi connectivity index (χ4v) is 3.83. The topological polar surface area (TPSA) is 87.3 Å². The van der Waals surface area contributed by atoms with Gasteiger partial charge in [-0.25, -0.2) is 13.1 Å². The first-order valence-electron chi connectivity index (χ1n) is 8.16. The van der Waals surface area contributed by atoms with Gasteiger partial charge in [-0.3, -0.25) is 4.79 Å². The van der Waals surface area contributed by atoms with Crippen LogP contribution < -0.4 is 15.4 Å². The molecule has 0 bridgehead atoms. The highest BCUT2D eigenvalue weighted by Crippen LogP contribution is 2.27. The smallest absolute Gasteiger partial charge is 0.343 e. The molecule has 0 spiro atoms. The average molecular weight is 393 g/mol. The number of piperidine rings is 1. The van der Waals surface area contributed by atoms with Gasteiger partial charge in [-0.2, -0.15) is 13.2 Å². The summed E-state index contributed by atoms with van der Waals surface area (Å²) in [5, 5.41) is 4.95. The second kappa shape index (κ2) is 7.93. The van der Waals surface area contributed by atoms with Crippen molar-refractivity contribution >= 4 is 15.9 Å². The van der Waals surface area contributed by atoms with Crippen molar-refractivity contribution in [3.05, 3.63) is 29.8 Å². The van der Waals surface area contributed by atoms with Crippen LogP contribution in [0, 0.1) is 5.41 Å². The molecule has 2 rings (SSSR count). The van der Waals surface area contributed by atoms with Gasteiger partial charge in [-0.05, 0) is 55.6 Å². The standard InChI is InChI=1S/C16H22F3N3O3S/c1-15(6-8-20-9-7-15)10-22-26(24,25)13-4-2-12(3-5-13)14(23)21-11-16(17,18)19/h2-5,20,22H,6-11H2,1H3,(H,21,23). The Kier molecular flexibility index (Phi) is 6.30. The van der Waals surface area contributed by atoms with Crippen molar-refractivity contribution in [3.63, 3.8) is 0 Å². The highest BCUT2D eigenvalue weighted by atomic mass is 32.2. The largest absolute Gasteiger partial charge is 0.405 e. The minimum Gasteiger partial charge on any atom is -0.343 e. The molecule has 146 valence electrons. The number of rotatable bonds is 6. The molecule has 1 fully saturated rings. The zero-order valence-electron chi connectivity index (χ0n) is 14.3. The maximum Gasteiger partial charge on any atom is 0.405 e. The summed E-state index contributed by atoms with van der Waals surface area (Å²) >= 11 is 0. The Labute approximate surface area is 150 Å². The van der Waals surface area contributed by atoms with Crippen molar-refractivity contribution in [1.29, 1.82) is 0 Å². The summed E-state index contributed by atoms with van der Waals surface area (Å²) in [5.41, 5.74) is -0.172. The van der Waals surface area contributed by atoms with Crippen molar-refractivity contribution in [2.75, 3.05) is 26.2 Å². The molecule has 0 aliphatic carbocycles. The van der Waals surface area contributed by atoms with Crippen LogP contribution in [0.4, 0.5) is 13.2 Å². The summed E-state index contributed by atoms with van der Waals surface area (Å²) < 4.78 is 63.7. The first kappa shape index (κ1) is 20.7. The Hall–Kier alpha value is -1.65. The van der Waals surface area contributed by atoms with E-state index < -0.39 is 28.7 Å². The van der Waals surface area contributed by atoms with E-state index in [0.29, 0.717) is 6.54 Å². The van der Waals surface area contributed by atoms with Gasteiger partial charge in [0.25, 0.3) is 5.91 Å². The van der Waals surface area contributed by atoms with Gasteiger partial charge in [0.05, 0.1) is 4.90 Å². The van der Waals surface area contributed by atoms with E-state index in [1.54, 1.807) is 5.32 Å². The van der Waals surface area contributed by atoms with Gasteiger partial charge in [0.15, 0.2) is 0 Å². The minimum atomic E-state index is -4.51. The Balaban J connectivity index is 1.98. The third kappa shape index (κ3) is 5.96. The van der Waals surface area contributed by atoms with E-state index in [2.05, 4.69) is 10.0 Å². The molecule has 1 aromatic carbocycles. The molecule has 1 aromatic rings. The summed E-state index contributed by atoms with van der Waals surface area (Å²) in [5.74, 6) is -0.915. The summed E-state index contributed by atoms with van der Waals surface area (Å²) in [7, 11) is -3.76. The molecule has 0 radical (unpaired) electrons. The molecular formula is C16H22F3N3O3S. The van der Waals surface area contributed by atoms with Crippen LogP contribution in [0.15, 0.2) is 29.2 Å². The van der Waals surface area contributed by atoms with Crippen molar-refractivity contribution in [1.82, 2.24) is 15.4 Å². The van der Waals surface area contributed by atoms with Crippen LogP contribution in [-0.2, 0) is 10.0 Å². The van der Waals surface area contributed by atoms with E-state index in [1.165, 1.54) is 24.3 Å². The summed E-state index contributed by atoms with van der Waals surface area (Å²) in [4.78, 5) is 11.6. The zero-order chi connectivity index (χ0) is 19.4. The SMILES string of the molecule is CC1(CNS(=O)(=O)c2ccc(C(=O)NCC(F)(F)F)cc2)CCNCC1. The van der Waals surface area contributed by atoms with Gasteiger partial charge in [0, 0.05) is 12.1 Å². The van der Waals surface area contributed by atoms with Crippen LogP contribution in [0.2, 0.25) is 0 Å². The lowest BCUT2D eigenvalue weighted by Gasteiger charge is -2.34. The lowest BCUT2D eigenvalue weighted by Crippen LogP contribution is -2.42. The predicted octanol–water partition coefficient (Wildman–Crippen LogP) is 1.65. The van der Waals surface area contributed by atoms with Crippen LogP contribution >= 0.6 is 0 Å². The second-order valence-corrected chi connectivity index (χ2v) is 8.47. The lowest BCUT2D eigenvalue weighted by atomic mass is 9.81. The molecule has 26 heavy (non-hydrogen) atoms. The van der Waals surface area contributed by atoms with Crippen LogP contribution in [0.25, 0.3) is 0 Å². The first-order chi connectivity index (χ1) is 12.0. The number of amides is 1.